The first-order valence-corrected chi connectivity index (χ1v) is 9.50. The summed E-state index contributed by atoms with van der Waals surface area (Å²) in [5, 5.41) is 7.60. The molecule has 4 heterocycles. The first-order chi connectivity index (χ1) is 14.9. The second-order valence-corrected chi connectivity index (χ2v) is 7.12. The molecule has 0 aliphatic carbocycles. The summed E-state index contributed by atoms with van der Waals surface area (Å²) < 4.78 is 40.3. The summed E-state index contributed by atoms with van der Waals surface area (Å²) in [7, 11) is 0. The maximum Gasteiger partial charge on any atom is 0.451 e. The van der Waals surface area contributed by atoms with Crippen molar-refractivity contribution in [2.75, 3.05) is 6.54 Å². The van der Waals surface area contributed by atoms with Crippen LogP contribution in [0.5, 0.6) is 0 Å². The van der Waals surface area contributed by atoms with E-state index in [0.29, 0.717) is 22.2 Å². The van der Waals surface area contributed by atoms with Gasteiger partial charge >= 0.3 is 6.18 Å². The Kier molecular flexibility index (Phi) is 4.42. The molecule has 4 aromatic rings. The summed E-state index contributed by atoms with van der Waals surface area (Å²) in [6, 6.07) is 12.6. The number of hydrogen-bond acceptors (Lipinski definition) is 5. The summed E-state index contributed by atoms with van der Waals surface area (Å²) in [6.07, 6.45) is -1.30. The molecule has 5 rings (SSSR count). The zero-order valence-corrected chi connectivity index (χ0v) is 16.0. The van der Waals surface area contributed by atoms with Crippen LogP contribution in [0.3, 0.4) is 0 Å². The lowest BCUT2D eigenvalue weighted by Crippen LogP contribution is -2.39. The van der Waals surface area contributed by atoms with Crippen molar-refractivity contribution in [3.63, 3.8) is 0 Å². The zero-order valence-electron chi connectivity index (χ0n) is 16.0. The SMILES string of the molecule is O=C(c1cc(-c2ccncc2)nc2ccccc12)N1CCn2c(nnc2C(F)(F)F)C1. The van der Waals surface area contributed by atoms with Gasteiger partial charge in [-0.2, -0.15) is 13.2 Å². The van der Waals surface area contributed by atoms with Crippen LogP contribution in [0.4, 0.5) is 13.2 Å². The van der Waals surface area contributed by atoms with Crippen molar-refractivity contribution >= 4 is 16.8 Å². The maximum absolute atomic E-state index is 13.4. The molecule has 1 aliphatic heterocycles. The molecule has 10 heteroatoms. The van der Waals surface area contributed by atoms with Crippen LogP contribution in [0.15, 0.2) is 54.9 Å². The van der Waals surface area contributed by atoms with Gasteiger partial charge in [0.15, 0.2) is 5.82 Å². The Morgan fingerprint density at radius 1 is 1.00 bits per heavy atom. The van der Waals surface area contributed by atoms with Crippen molar-refractivity contribution < 1.29 is 18.0 Å². The predicted octanol–water partition coefficient (Wildman–Crippen LogP) is 3.56. The molecular formula is C21H15F3N6O. The van der Waals surface area contributed by atoms with Gasteiger partial charge in [0.2, 0.25) is 5.82 Å². The Hall–Kier alpha value is -3.82. The third-order valence-electron chi connectivity index (χ3n) is 5.22. The molecule has 1 aliphatic rings. The highest BCUT2D eigenvalue weighted by atomic mass is 19.4. The van der Waals surface area contributed by atoms with Gasteiger partial charge in [0, 0.05) is 36.4 Å². The lowest BCUT2D eigenvalue weighted by atomic mass is 10.0. The van der Waals surface area contributed by atoms with E-state index in [2.05, 4.69) is 20.2 Å². The molecule has 0 bridgehead atoms. The third kappa shape index (κ3) is 3.39. The average Bonchev–Trinajstić information content (AvgIpc) is 3.22. The van der Waals surface area contributed by atoms with E-state index in [1.54, 1.807) is 36.7 Å². The number of carbonyl (C=O) groups excluding carboxylic acids is 1. The Labute approximate surface area is 174 Å². The average molecular weight is 424 g/mol. The van der Waals surface area contributed by atoms with Crippen LogP contribution in [-0.4, -0.2) is 42.1 Å². The zero-order chi connectivity index (χ0) is 21.6. The summed E-state index contributed by atoms with van der Waals surface area (Å²) >= 11 is 0. The molecular weight excluding hydrogens is 409 g/mol. The number of fused-ring (bicyclic) bond motifs is 2. The molecule has 3 aromatic heterocycles. The number of rotatable bonds is 2. The number of carbonyl (C=O) groups is 1. The highest BCUT2D eigenvalue weighted by Crippen LogP contribution is 2.30. The van der Waals surface area contributed by atoms with Crippen LogP contribution in [0, 0.1) is 0 Å². The normalized spacial score (nSPS) is 14.0. The second kappa shape index (κ2) is 7.15. The topological polar surface area (TPSA) is 76.8 Å². The summed E-state index contributed by atoms with van der Waals surface area (Å²) in [5.41, 5.74) is 2.51. The molecule has 0 unspecified atom stereocenters. The predicted molar refractivity (Wildman–Crippen MR) is 105 cm³/mol. The number of amides is 1. The number of halogens is 3. The fourth-order valence-electron chi connectivity index (χ4n) is 3.73. The monoisotopic (exact) mass is 424 g/mol. The highest BCUT2D eigenvalue weighted by Gasteiger charge is 2.40. The Morgan fingerprint density at radius 2 is 1.77 bits per heavy atom. The van der Waals surface area contributed by atoms with Gasteiger partial charge in [-0.1, -0.05) is 18.2 Å². The maximum atomic E-state index is 13.4. The van der Waals surface area contributed by atoms with Gasteiger partial charge in [-0.05, 0) is 24.3 Å². The van der Waals surface area contributed by atoms with Gasteiger partial charge in [-0.25, -0.2) is 4.98 Å². The minimum Gasteiger partial charge on any atom is -0.329 e. The van der Waals surface area contributed by atoms with Crippen molar-refractivity contribution in [2.24, 2.45) is 0 Å². The standard InChI is InChI=1S/C21H15F3N6O/c22-21(23,24)20-28-27-18-12-29(9-10-30(18)20)19(31)15-11-17(13-5-7-25-8-6-13)26-16-4-2-1-3-14(15)16/h1-8,11H,9-10,12H2. The number of aromatic nitrogens is 5. The van der Waals surface area contributed by atoms with Crippen LogP contribution < -0.4 is 0 Å². The Bertz CT molecular complexity index is 1290. The summed E-state index contributed by atoms with van der Waals surface area (Å²) in [4.78, 5) is 23.6. The number of benzene rings is 1. The lowest BCUT2D eigenvalue weighted by Gasteiger charge is -2.28. The van der Waals surface area contributed by atoms with Crippen molar-refractivity contribution in [3.05, 3.63) is 72.1 Å². The van der Waals surface area contributed by atoms with E-state index in [-0.39, 0.29) is 31.4 Å². The molecule has 1 amide bonds. The van der Waals surface area contributed by atoms with Crippen molar-refractivity contribution in [2.45, 2.75) is 19.3 Å². The Morgan fingerprint density at radius 3 is 2.55 bits per heavy atom. The molecule has 31 heavy (non-hydrogen) atoms. The molecule has 156 valence electrons. The van der Waals surface area contributed by atoms with Crippen LogP contribution in [0.25, 0.3) is 22.2 Å². The van der Waals surface area contributed by atoms with Gasteiger partial charge in [-0.15, -0.1) is 10.2 Å². The molecule has 0 saturated carbocycles. The Balaban J connectivity index is 1.54. The molecule has 0 saturated heterocycles. The first kappa shape index (κ1) is 19.2. The van der Waals surface area contributed by atoms with E-state index in [9.17, 15) is 18.0 Å². The summed E-state index contributed by atoms with van der Waals surface area (Å²) in [6.45, 7) is 0.0422. The van der Waals surface area contributed by atoms with E-state index < -0.39 is 12.0 Å². The lowest BCUT2D eigenvalue weighted by molar-refractivity contribution is -0.147. The van der Waals surface area contributed by atoms with E-state index in [0.717, 1.165) is 10.1 Å². The third-order valence-corrected chi connectivity index (χ3v) is 5.22. The molecule has 0 radical (unpaired) electrons. The smallest absolute Gasteiger partial charge is 0.329 e. The van der Waals surface area contributed by atoms with Gasteiger partial charge in [0.05, 0.1) is 23.3 Å². The molecule has 0 atom stereocenters. The van der Waals surface area contributed by atoms with Crippen molar-refractivity contribution in [3.8, 4) is 11.3 Å². The molecule has 0 N–H and O–H groups in total. The van der Waals surface area contributed by atoms with Gasteiger partial charge in [-0.3, -0.25) is 9.78 Å². The largest absolute Gasteiger partial charge is 0.451 e. The van der Waals surface area contributed by atoms with E-state index in [1.807, 2.05) is 18.2 Å². The van der Waals surface area contributed by atoms with Gasteiger partial charge < -0.3 is 9.47 Å². The molecule has 0 spiro atoms. The number of alkyl halides is 3. The molecule has 1 aromatic carbocycles. The quantitative estimate of drug-likeness (QED) is 0.492. The number of pyridine rings is 2. The van der Waals surface area contributed by atoms with E-state index in [4.69, 9.17) is 0 Å². The van der Waals surface area contributed by atoms with Crippen LogP contribution >= 0.6 is 0 Å². The fraction of sp³-hybridized carbons (Fsp3) is 0.190. The molecule has 7 nitrogen and oxygen atoms in total. The minimum absolute atomic E-state index is 0.0247. The number of nitrogens with zero attached hydrogens (tertiary/aromatic N) is 6. The van der Waals surface area contributed by atoms with Crippen LogP contribution in [-0.2, 0) is 19.3 Å². The van der Waals surface area contributed by atoms with Crippen LogP contribution in [0.1, 0.15) is 22.0 Å². The number of hydrogen-bond donors (Lipinski definition) is 0. The van der Waals surface area contributed by atoms with Gasteiger partial charge in [0.1, 0.15) is 0 Å². The highest BCUT2D eigenvalue weighted by molar-refractivity contribution is 6.07. The van der Waals surface area contributed by atoms with Gasteiger partial charge in [0.25, 0.3) is 5.91 Å². The van der Waals surface area contributed by atoms with Crippen molar-refractivity contribution in [1.29, 1.82) is 0 Å². The fourth-order valence-corrected chi connectivity index (χ4v) is 3.73. The van der Waals surface area contributed by atoms with Crippen LogP contribution in [0.2, 0.25) is 0 Å². The second-order valence-electron chi connectivity index (χ2n) is 7.12. The van der Waals surface area contributed by atoms with E-state index >= 15 is 0 Å². The minimum atomic E-state index is -4.59. The summed E-state index contributed by atoms with van der Waals surface area (Å²) in [5.74, 6) is -1.22. The van der Waals surface area contributed by atoms with E-state index in [1.165, 1.54) is 4.90 Å². The number of para-hydroxylation sites is 1. The molecule has 0 fully saturated rings. The first-order valence-electron chi connectivity index (χ1n) is 9.50. The van der Waals surface area contributed by atoms with Crippen molar-refractivity contribution in [1.82, 2.24) is 29.6 Å².